The molecule has 0 N–H and O–H groups in total. The minimum Gasteiger partial charge on any atom is -0.334 e. The number of ketones is 1. The van der Waals surface area contributed by atoms with Gasteiger partial charge in [0.15, 0.2) is 5.78 Å². The van der Waals surface area contributed by atoms with Crippen LogP contribution in [0.3, 0.4) is 0 Å². The van der Waals surface area contributed by atoms with Crippen molar-refractivity contribution in [2.45, 2.75) is 6.92 Å². The van der Waals surface area contributed by atoms with Crippen LogP contribution in [0.2, 0.25) is 20.1 Å². The Labute approximate surface area is 183 Å². The third-order valence-electron chi connectivity index (χ3n) is 4.39. The summed E-state index contributed by atoms with van der Waals surface area (Å²) < 4.78 is 0. The minimum absolute atomic E-state index is 0.153. The minimum atomic E-state index is -0.204. The molecule has 0 atom stereocenters. The number of halogens is 4. The van der Waals surface area contributed by atoms with Crippen LogP contribution in [0.1, 0.15) is 18.1 Å². The van der Waals surface area contributed by atoms with E-state index in [0.29, 0.717) is 42.4 Å². The fourth-order valence-electron chi connectivity index (χ4n) is 2.91. The topological polar surface area (TPSA) is 37.4 Å². The van der Waals surface area contributed by atoms with Crippen molar-refractivity contribution in [3.8, 4) is 0 Å². The summed E-state index contributed by atoms with van der Waals surface area (Å²) in [5.41, 5.74) is 1.89. The molecule has 0 radical (unpaired) electrons. The maximum Gasteiger partial charge on any atom is 0.220 e. The van der Waals surface area contributed by atoms with E-state index in [-0.39, 0.29) is 24.8 Å². The van der Waals surface area contributed by atoms with Gasteiger partial charge in [-0.05, 0) is 36.4 Å². The number of nitrogens with zero attached hydrogens (tertiary/aromatic N) is 1. The fraction of sp³-hybridized carbons (Fsp3) is 0.143. The number of benzene rings is 2. The van der Waals surface area contributed by atoms with Gasteiger partial charge in [-0.1, -0.05) is 58.5 Å². The number of hydrogen-bond donors (Lipinski definition) is 0. The first-order valence-electron chi connectivity index (χ1n) is 8.37. The molecule has 7 heteroatoms. The molecule has 0 aliphatic carbocycles. The van der Waals surface area contributed by atoms with Gasteiger partial charge < -0.3 is 4.90 Å². The van der Waals surface area contributed by atoms with E-state index in [4.69, 9.17) is 46.4 Å². The molecule has 0 aromatic heterocycles. The quantitative estimate of drug-likeness (QED) is 0.506. The summed E-state index contributed by atoms with van der Waals surface area (Å²) in [5, 5.41) is 1.69. The molecule has 0 spiro atoms. The van der Waals surface area contributed by atoms with E-state index in [1.54, 1.807) is 53.5 Å². The molecule has 28 heavy (non-hydrogen) atoms. The Bertz CT molecular complexity index is 913. The number of carbonyl (C=O) groups is 2. The van der Waals surface area contributed by atoms with E-state index < -0.39 is 0 Å². The maximum absolute atomic E-state index is 13.1. The molecule has 0 bridgehead atoms. The van der Waals surface area contributed by atoms with Crippen molar-refractivity contribution in [1.29, 1.82) is 0 Å². The van der Waals surface area contributed by atoms with Gasteiger partial charge in [-0.3, -0.25) is 9.59 Å². The third kappa shape index (κ3) is 4.44. The molecule has 144 valence electrons. The normalized spacial score (nSPS) is 17.5. The van der Waals surface area contributed by atoms with Gasteiger partial charge in [0, 0.05) is 62.4 Å². The zero-order valence-electron chi connectivity index (χ0n) is 14.8. The number of Topliss-reactive ketones (excluding diaryl/α,β-unsaturated/α-hetero) is 1. The van der Waals surface area contributed by atoms with Crippen molar-refractivity contribution < 1.29 is 9.59 Å². The van der Waals surface area contributed by atoms with Crippen molar-refractivity contribution in [1.82, 2.24) is 4.90 Å². The van der Waals surface area contributed by atoms with E-state index >= 15 is 0 Å². The van der Waals surface area contributed by atoms with Crippen molar-refractivity contribution >= 4 is 70.2 Å². The summed E-state index contributed by atoms with van der Waals surface area (Å²) in [7, 11) is 0. The van der Waals surface area contributed by atoms with Crippen LogP contribution < -0.4 is 0 Å². The van der Waals surface area contributed by atoms with Crippen LogP contribution in [0.5, 0.6) is 0 Å². The molecule has 2 aromatic carbocycles. The van der Waals surface area contributed by atoms with Crippen LogP contribution in [-0.2, 0) is 9.59 Å². The van der Waals surface area contributed by atoms with Crippen molar-refractivity contribution in [3.05, 3.63) is 78.8 Å². The van der Waals surface area contributed by atoms with Gasteiger partial charge in [-0.15, -0.1) is 0 Å². The zero-order chi connectivity index (χ0) is 20.4. The lowest BCUT2D eigenvalue weighted by atomic mass is 9.94. The Hall–Kier alpha value is -1.78. The summed E-state index contributed by atoms with van der Waals surface area (Å²) in [5.74, 6) is -0.357. The molecule has 1 saturated heterocycles. The Morgan fingerprint density at radius 3 is 1.50 bits per heavy atom. The standard InChI is InChI=1S/C21H15Cl4NO2/c1-12(27)26-10-13(8-15-17(22)4-2-5-18(15)23)21(28)14(11-26)9-16-19(24)6-3-7-20(16)25/h2-9H,10-11H2,1H3/b13-8+,14-9+. The average Bonchev–Trinajstić information content (AvgIpc) is 2.63. The number of rotatable bonds is 2. The largest absolute Gasteiger partial charge is 0.334 e. The summed E-state index contributed by atoms with van der Waals surface area (Å²) in [4.78, 5) is 26.7. The SMILES string of the molecule is CC(=O)N1C/C(=C\c2c(Cl)cccc2Cl)C(=O)/C(=C/c2c(Cl)cccc2Cl)C1. The molecular weight excluding hydrogens is 440 g/mol. The molecule has 1 amide bonds. The number of carbonyl (C=O) groups excluding carboxylic acids is 2. The molecule has 3 rings (SSSR count). The Morgan fingerprint density at radius 1 is 0.821 bits per heavy atom. The molecule has 1 aliphatic rings. The molecule has 0 saturated carbocycles. The number of hydrogen-bond acceptors (Lipinski definition) is 2. The molecule has 3 nitrogen and oxygen atoms in total. The third-order valence-corrected chi connectivity index (χ3v) is 5.71. The Kier molecular flexibility index (Phi) is 6.51. The zero-order valence-corrected chi connectivity index (χ0v) is 17.8. The lowest BCUT2D eigenvalue weighted by Gasteiger charge is -2.29. The summed E-state index contributed by atoms with van der Waals surface area (Å²) in [6, 6.07) is 10.2. The highest BCUT2D eigenvalue weighted by Gasteiger charge is 2.28. The highest BCUT2D eigenvalue weighted by Crippen LogP contribution is 2.31. The van der Waals surface area contributed by atoms with Crippen molar-refractivity contribution in [2.75, 3.05) is 13.1 Å². The summed E-state index contributed by atoms with van der Waals surface area (Å²) >= 11 is 24.9. The van der Waals surface area contributed by atoms with E-state index in [2.05, 4.69) is 0 Å². The lowest BCUT2D eigenvalue weighted by molar-refractivity contribution is -0.129. The average molecular weight is 455 g/mol. The number of piperidine rings is 1. The smallest absolute Gasteiger partial charge is 0.220 e. The van der Waals surface area contributed by atoms with E-state index in [0.717, 1.165) is 0 Å². The van der Waals surface area contributed by atoms with Gasteiger partial charge in [0.2, 0.25) is 5.91 Å². The second kappa shape index (κ2) is 8.71. The lowest BCUT2D eigenvalue weighted by Crippen LogP contribution is -2.40. The van der Waals surface area contributed by atoms with Crippen LogP contribution in [0.25, 0.3) is 12.2 Å². The first-order valence-corrected chi connectivity index (χ1v) is 9.88. The monoisotopic (exact) mass is 453 g/mol. The molecule has 0 unspecified atom stereocenters. The van der Waals surface area contributed by atoms with Gasteiger partial charge >= 0.3 is 0 Å². The molecule has 2 aromatic rings. The van der Waals surface area contributed by atoms with Gasteiger partial charge in [0.05, 0.1) is 0 Å². The van der Waals surface area contributed by atoms with E-state index in [1.807, 2.05) is 0 Å². The van der Waals surface area contributed by atoms with Gasteiger partial charge in [-0.25, -0.2) is 0 Å². The first-order chi connectivity index (χ1) is 13.3. The fourth-order valence-corrected chi connectivity index (χ4v) is 3.92. The maximum atomic E-state index is 13.1. The molecule has 1 aliphatic heterocycles. The number of likely N-dealkylation sites (tertiary alicyclic amines) is 1. The first kappa shape index (κ1) is 20.9. The van der Waals surface area contributed by atoms with E-state index in [9.17, 15) is 9.59 Å². The van der Waals surface area contributed by atoms with Crippen LogP contribution in [-0.4, -0.2) is 29.7 Å². The van der Waals surface area contributed by atoms with Crippen molar-refractivity contribution in [3.63, 3.8) is 0 Å². The van der Waals surface area contributed by atoms with Gasteiger partial charge in [0.1, 0.15) is 0 Å². The molecular formula is C21H15Cl4NO2. The Morgan fingerprint density at radius 2 is 1.18 bits per heavy atom. The highest BCUT2D eigenvalue weighted by molar-refractivity contribution is 6.38. The van der Waals surface area contributed by atoms with Crippen molar-refractivity contribution in [2.24, 2.45) is 0 Å². The summed E-state index contributed by atoms with van der Waals surface area (Å²) in [6.45, 7) is 1.79. The van der Waals surface area contributed by atoms with Gasteiger partial charge in [-0.2, -0.15) is 0 Å². The summed E-state index contributed by atoms with van der Waals surface area (Å²) in [6.07, 6.45) is 3.26. The second-order valence-electron chi connectivity index (χ2n) is 6.31. The van der Waals surface area contributed by atoms with E-state index in [1.165, 1.54) is 6.92 Å². The van der Waals surface area contributed by atoms with Crippen LogP contribution in [0.4, 0.5) is 0 Å². The molecule has 1 fully saturated rings. The predicted octanol–water partition coefficient (Wildman–Crippen LogP) is 6.20. The molecule has 1 heterocycles. The van der Waals surface area contributed by atoms with Crippen LogP contribution >= 0.6 is 46.4 Å². The van der Waals surface area contributed by atoms with Crippen LogP contribution in [0.15, 0.2) is 47.5 Å². The predicted molar refractivity (Wildman–Crippen MR) is 116 cm³/mol. The Balaban J connectivity index is 2.10. The van der Waals surface area contributed by atoms with Crippen LogP contribution in [0, 0.1) is 0 Å². The highest BCUT2D eigenvalue weighted by atomic mass is 35.5. The second-order valence-corrected chi connectivity index (χ2v) is 7.94. The van der Waals surface area contributed by atoms with Gasteiger partial charge in [0.25, 0.3) is 0 Å². The number of amides is 1.